The second-order valence-corrected chi connectivity index (χ2v) is 6.66. The second kappa shape index (κ2) is 10.9. The standard InChI is InChI=1S/C20H32O5/c1-14(20(22)23)11-9-7-5-6-8-10-12-16-15(2)13-17(24-3)19(25-4)18(16)21/h13-14,21H,5-12H2,1-4H3,(H,22,23). The molecule has 25 heavy (non-hydrogen) atoms. The zero-order valence-corrected chi connectivity index (χ0v) is 15.9. The molecule has 0 spiro atoms. The highest BCUT2D eigenvalue weighted by molar-refractivity contribution is 5.69. The third-order valence-corrected chi connectivity index (χ3v) is 4.71. The molecule has 0 saturated carbocycles. The number of carboxylic acids is 1. The minimum Gasteiger partial charge on any atom is -0.504 e. The maximum absolute atomic E-state index is 10.7. The second-order valence-electron chi connectivity index (χ2n) is 6.66. The zero-order valence-electron chi connectivity index (χ0n) is 15.9. The molecule has 0 radical (unpaired) electrons. The minimum atomic E-state index is -0.704. The number of carbonyl (C=O) groups is 1. The van der Waals surface area contributed by atoms with Crippen LogP contribution in [0.3, 0.4) is 0 Å². The van der Waals surface area contributed by atoms with Crippen molar-refractivity contribution >= 4 is 5.97 Å². The van der Waals surface area contributed by atoms with Crippen LogP contribution in [0, 0.1) is 12.8 Å². The number of carboxylic acid groups (broad SMARTS) is 1. The molecule has 0 amide bonds. The van der Waals surface area contributed by atoms with E-state index in [0.717, 1.165) is 62.5 Å². The normalized spacial score (nSPS) is 12.0. The predicted molar refractivity (Wildman–Crippen MR) is 98.8 cm³/mol. The molecule has 0 aliphatic rings. The highest BCUT2D eigenvalue weighted by Crippen LogP contribution is 2.41. The number of hydrogen-bond donors (Lipinski definition) is 2. The molecule has 1 rings (SSSR count). The van der Waals surface area contributed by atoms with Crippen LogP contribution in [-0.4, -0.2) is 30.4 Å². The number of methoxy groups -OCH3 is 2. The lowest BCUT2D eigenvalue weighted by Crippen LogP contribution is -2.08. The number of aryl methyl sites for hydroxylation is 1. The molecule has 0 aromatic heterocycles. The van der Waals surface area contributed by atoms with Crippen molar-refractivity contribution in [3.05, 3.63) is 17.2 Å². The van der Waals surface area contributed by atoms with Crippen LogP contribution in [0.1, 0.15) is 63.0 Å². The Morgan fingerprint density at radius 3 is 2.24 bits per heavy atom. The first kappa shape index (κ1) is 21.1. The molecule has 5 nitrogen and oxygen atoms in total. The molecule has 1 aromatic rings. The van der Waals surface area contributed by atoms with Gasteiger partial charge in [0.15, 0.2) is 11.5 Å². The molecular weight excluding hydrogens is 320 g/mol. The van der Waals surface area contributed by atoms with E-state index in [-0.39, 0.29) is 11.7 Å². The van der Waals surface area contributed by atoms with E-state index in [2.05, 4.69) is 0 Å². The molecule has 1 aromatic carbocycles. The van der Waals surface area contributed by atoms with E-state index >= 15 is 0 Å². The quantitative estimate of drug-likeness (QED) is 0.533. The highest BCUT2D eigenvalue weighted by atomic mass is 16.5. The Hall–Kier alpha value is -1.91. The lowest BCUT2D eigenvalue weighted by Gasteiger charge is -2.15. The highest BCUT2D eigenvalue weighted by Gasteiger charge is 2.16. The molecule has 0 aliphatic heterocycles. The summed E-state index contributed by atoms with van der Waals surface area (Å²) in [4.78, 5) is 10.7. The predicted octanol–water partition coefficient (Wildman–Crippen LogP) is 4.71. The Labute approximate surface area is 151 Å². The molecule has 0 heterocycles. The van der Waals surface area contributed by atoms with Gasteiger partial charge in [0, 0.05) is 5.56 Å². The Morgan fingerprint density at radius 1 is 1.08 bits per heavy atom. The number of ether oxygens (including phenoxy) is 2. The summed E-state index contributed by atoms with van der Waals surface area (Å²) in [6, 6.07) is 1.90. The van der Waals surface area contributed by atoms with Gasteiger partial charge in [-0.2, -0.15) is 0 Å². The summed E-state index contributed by atoms with van der Waals surface area (Å²) in [5, 5.41) is 19.2. The number of phenols is 1. The molecule has 142 valence electrons. The fourth-order valence-corrected chi connectivity index (χ4v) is 3.04. The van der Waals surface area contributed by atoms with Gasteiger partial charge in [0.25, 0.3) is 0 Å². The van der Waals surface area contributed by atoms with Gasteiger partial charge in [-0.05, 0) is 37.8 Å². The Bertz CT molecular complexity index is 554. The number of benzene rings is 1. The van der Waals surface area contributed by atoms with Crippen molar-refractivity contribution in [1.82, 2.24) is 0 Å². The zero-order chi connectivity index (χ0) is 18.8. The van der Waals surface area contributed by atoms with Crippen LogP contribution in [-0.2, 0) is 11.2 Å². The van der Waals surface area contributed by atoms with E-state index in [0.29, 0.717) is 11.5 Å². The fourth-order valence-electron chi connectivity index (χ4n) is 3.04. The number of phenolic OH excluding ortho intramolecular Hbond substituents is 1. The van der Waals surface area contributed by atoms with Crippen LogP contribution in [0.5, 0.6) is 17.2 Å². The summed E-state index contributed by atoms with van der Waals surface area (Å²) >= 11 is 0. The summed E-state index contributed by atoms with van der Waals surface area (Å²) in [5.74, 6) is 0.190. The van der Waals surface area contributed by atoms with Crippen molar-refractivity contribution in [2.75, 3.05) is 14.2 Å². The number of unbranched alkanes of at least 4 members (excludes halogenated alkanes) is 5. The monoisotopic (exact) mass is 352 g/mol. The van der Waals surface area contributed by atoms with E-state index in [1.54, 1.807) is 14.0 Å². The summed E-state index contributed by atoms with van der Waals surface area (Å²) in [7, 11) is 3.09. The van der Waals surface area contributed by atoms with Gasteiger partial charge in [0.2, 0.25) is 5.75 Å². The third kappa shape index (κ3) is 6.48. The van der Waals surface area contributed by atoms with Gasteiger partial charge in [-0.3, -0.25) is 4.79 Å². The molecule has 0 saturated heterocycles. The SMILES string of the molecule is COc1cc(C)c(CCCCCCCCC(C)C(=O)O)c(O)c1OC. The minimum absolute atomic E-state index is 0.182. The lowest BCUT2D eigenvalue weighted by atomic mass is 9.98. The van der Waals surface area contributed by atoms with Crippen molar-refractivity contribution in [3.63, 3.8) is 0 Å². The average Bonchev–Trinajstić information content (AvgIpc) is 2.58. The number of hydrogen-bond acceptors (Lipinski definition) is 4. The molecule has 0 aliphatic carbocycles. The summed E-state index contributed by atoms with van der Waals surface area (Å²) < 4.78 is 10.5. The van der Waals surface area contributed by atoms with E-state index in [1.807, 2.05) is 13.0 Å². The van der Waals surface area contributed by atoms with Crippen LogP contribution in [0.15, 0.2) is 6.07 Å². The van der Waals surface area contributed by atoms with Gasteiger partial charge in [0.1, 0.15) is 0 Å². The van der Waals surface area contributed by atoms with Crippen molar-refractivity contribution in [2.24, 2.45) is 5.92 Å². The first-order chi connectivity index (χ1) is 11.9. The maximum atomic E-state index is 10.7. The van der Waals surface area contributed by atoms with Crippen molar-refractivity contribution in [2.45, 2.75) is 65.2 Å². The van der Waals surface area contributed by atoms with Gasteiger partial charge in [-0.15, -0.1) is 0 Å². The van der Waals surface area contributed by atoms with Crippen LogP contribution >= 0.6 is 0 Å². The third-order valence-electron chi connectivity index (χ3n) is 4.71. The smallest absolute Gasteiger partial charge is 0.306 e. The number of rotatable bonds is 12. The molecule has 0 bridgehead atoms. The molecular formula is C20H32O5. The van der Waals surface area contributed by atoms with Crippen LogP contribution in [0.4, 0.5) is 0 Å². The molecule has 5 heteroatoms. The van der Waals surface area contributed by atoms with Crippen molar-refractivity contribution < 1.29 is 24.5 Å². The maximum Gasteiger partial charge on any atom is 0.306 e. The number of aliphatic carboxylic acids is 1. The first-order valence-corrected chi connectivity index (χ1v) is 9.08. The summed E-state index contributed by atoms with van der Waals surface area (Å²) in [6.07, 6.45) is 8.00. The summed E-state index contributed by atoms with van der Waals surface area (Å²) in [5.41, 5.74) is 1.94. The molecule has 2 N–H and O–H groups in total. The van der Waals surface area contributed by atoms with Crippen LogP contribution in [0.2, 0.25) is 0 Å². The molecule has 0 fully saturated rings. The number of aromatic hydroxyl groups is 1. The van der Waals surface area contributed by atoms with Gasteiger partial charge in [-0.1, -0.05) is 39.0 Å². The Balaban J connectivity index is 2.34. The molecule has 1 unspecified atom stereocenters. The molecule has 1 atom stereocenters. The Kier molecular flexibility index (Phi) is 9.17. The first-order valence-electron chi connectivity index (χ1n) is 9.08. The van der Waals surface area contributed by atoms with Crippen molar-refractivity contribution in [1.29, 1.82) is 0 Å². The van der Waals surface area contributed by atoms with Gasteiger partial charge >= 0.3 is 5.97 Å². The largest absolute Gasteiger partial charge is 0.504 e. The summed E-state index contributed by atoms with van der Waals surface area (Å²) in [6.45, 7) is 3.74. The van der Waals surface area contributed by atoms with E-state index in [1.165, 1.54) is 7.11 Å². The van der Waals surface area contributed by atoms with Gasteiger partial charge in [0.05, 0.1) is 20.1 Å². The Morgan fingerprint density at radius 2 is 1.68 bits per heavy atom. The van der Waals surface area contributed by atoms with Crippen LogP contribution in [0.25, 0.3) is 0 Å². The van der Waals surface area contributed by atoms with E-state index < -0.39 is 5.97 Å². The topological polar surface area (TPSA) is 76.0 Å². The van der Waals surface area contributed by atoms with Gasteiger partial charge < -0.3 is 19.7 Å². The van der Waals surface area contributed by atoms with E-state index in [4.69, 9.17) is 14.6 Å². The fraction of sp³-hybridized carbons (Fsp3) is 0.650. The van der Waals surface area contributed by atoms with Crippen molar-refractivity contribution in [3.8, 4) is 17.2 Å². The van der Waals surface area contributed by atoms with Crippen LogP contribution < -0.4 is 9.47 Å². The lowest BCUT2D eigenvalue weighted by molar-refractivity contribution is -0.141. The van der Waals surface area contributed by atoms with Gasteiger partial charge in [-0.25, -0.2) is 0 Å². The average molecular weight is 352 g/mol. The van der Waals surface area contributed by atoms with E-state index in [9.17, 15) is 9.90 Å².